The van der Waals surface area contributed by atoms with Crippen molar-refractivity contribution in [2.75, 3.05) is 13.1 Å². The van der Waals surface area contributed by atoms with Gasteiger partial charge in [-0.2, -0.15) is 0 Å². The lowest BCUT2D eigenvalue weighted by Gasteiger charge is -2.39. The van der Waals surface area contributed by atoms with Gasteiger partial charge in [0, 0.05) is 5.41 Å². The predicted octanol–water partition coefficient (Wildman–Crippen LogP) is 3.97. The number of aryl methyl sites for hydroxylation is 2. The highest BCUT2D eigenvalue weighted by Gasteiger charge is 2.35. The van der Waals surface area contributed by atoms with Crippen molar-refractivity contribution in [1.29, 1.82) is 0 Å². The molecular formula is C19H23N. The lowest BCUT2D eigenvalue weighted by molar-refractivity contribution is 0.362. The number of rotatable bonds is 2. The van der Waals surface area contributed by atoms with Crippen LogP contribution in [0, 0.1) is 13.8 Å². The molecule has 0 atom stereocenters. The normalized spacial score (nSPS) is 17.9. The Kier molecular flexibility index (Phi) is 3.62. The summed E-state index contributed by atoms with van der Waals surface area (Å²) in [6, 6.07) is 18.3. The summed E-state index contributed by atoms with van der Waals surface area (Å²) in [4.78, 5) is 0. The first-order valence-electron chi connectivity index (χ1n) is 7.56. The Hall–Kier alpha value is -1.60. The van der Waals surface area contributed by atoms with Gasteiger partial charge in [0.2, 0.25) is 0 Å². The fraction of sp³-hybridized carbons (Fsp3) is 0.368. The maximum absolute atomic E-state index is 3.50. The average Bonchev–Trinajstić information content (AvgIpc) is 2.49. The summed E-state index contributed by atoms with van der Waals surface area (Å²) >= 11 is 0. The highest BCUT2D eigenvalue weighted by Crippen LogP contribution is 2.40. The third-order valence-electron chi connectivity index (χ3n) is 4.67. The first-order chi connectivity index (χ1) is 9.71. The van der Waals surface area contributed by atoms with E-state index in [1.54, 1.807) is 0 Å². The Morgan fingerprint density at radius 1 is 0.700 bits per heavy atom. The molecule has 0 radical (unpaired) electrons. The van der Waals surface area contributed by atoms with Crippen molar-refractivity contribution in [3.63, 3.8) is 0 Å². The van der Waals surface area contributed by atoms with Gasteiger partial charge in [-0.1, -0.05) is 59.7 Å². The SMILES string of the molecule is Cc1ccc(C2(c3ccc(C)cc3)CCNCC2)cc1. The van der Waals surface area contributed by atoms with Gasteiger partial charge in [-0.05, 0) is 50.9 Å². The second-order valence-corrected chi connectivity index (χ2v) is 6.06. The van der Waals surface area contributed by atoms with Crippen LogP contribution in [-0.2, 0) is 5.41 Å². The maximum Gasteiger partial charge on any atom is 0.0227 e. The molecule has 2 aromatic rings. The van der Waals surface area contributed by atoms with Crippen LogP contribution in [0.25, 0.3) is 0 Å². The van der Waals surface area contributed by atoms with Gasteiger partial charge in [-0.15, -0.1) is 0 Å². The molecule has 1 N–H and O–H groups in total. The Morgan fingerprint density at radius 3 is 1.50 bits per heavy atom. The second-order valence-electron chi connectivity index (χ2n) is 6.06. The lowest BCUT2D eigenvalue weighted by atomic mass is 9.68. The molecule has 1 heteroatoms. The Balaban J connectivity index is 2.08. The summed E-state index contributed by atoms with van der Waals surface area (Å²) < 4.78 is 0. The van der Waals surface area contributed by atoms with Crippen molar-refractivity contribution in [1.82, 2.24) is 5.32 Å². The van der Waals surface area contributed by atoms with Gasteiger partial charge in [0.1, 0.15) is 0 Å². The molecule has 0 spiro atoms. The largest absolute Gasteiger partial charge is 0.317 e. The highest BCUT2D eigenvalue weighted by molar-refractivity contribution is 5.41. The summed E-state index contributed by atoms with van der Waals surface area (Å²) in [5.41, 5.74) is 5.79. The number of benzene rings is 2. The zero-order valence-electron chi connectivity index (χ0n) is 12.4. The molecule has 1 aliphatic rings. The van der Waals surface area contributed by atoms with Crippen LogP contribution in [-0.4, -0.2) is 13.1 Å². The number of hydrogen-bond acceptors (Lipinski definition) is 1. The zero-order chi connectivity index (χ0) is 14.0. The molecule has 0 amide bonds. The van der Waals surface area contributed by atoms with Crippen LogP contribution in [0.5, 0.6) is 0 Å². The van der Waals surface area contributed by atoms with E-state index in [1.807, 2.05) is 0 Å². The molecule has 1 fully saturated rings. The fourth-order valence-electron chi connectivity index (χ4n) is 3.34. The molecule has 0 saturated carbocycles. The summed E-state index contributed by atoms with van der Waals surface area (Å²) in [7, 11) is 0. The maximum atomic E-state index is 3.50. The molecule has 20 heavy (non-hydrogen) atoms. The van der Waals surface area contributed by atoms with Crippen molar-refractivity contribution in [2.45, 2.75) is 32.1 Å². The van der Waals surface area contributed by atoms with E-state index in [2.05, 4.69) is 67.7 Å². The zero-order valence-corrected chi connectivity index (χ0v) is 12.4. The summed E-state index contributed by atoms with van der Waals surface area (Å²) in [6.07, 6.45) is 2.36. The van der Waals surface area contributed by atoms with Crippen LogP contribution in [0.1, 0.15) is 35.1 Å². The van der Waals surface area contributed by atoms with Gasteiger partial charge in [-0.25, -0.2) is 0 Å². The van der Waals surface area contributed by atoms with Crippen LogP contribution >= 0.6 is 0 Å². The second kappa shape index (κ2) is 5.41. The summed E-state index contributed by atoms with van der Waals surface area (Å²) in [5.74, 6) is 0. The van der Waals surface area contributed by atoms with E-state index in [9.17, 15) is 0 Å². The van der Waals surface area contributed by atoms with Crippen LogP contribution in [0.3, 0.4) is 0 Å². The predicted molar refractivity (Wildman–Crippen MR) is 85.2 cm³/mol. The third kappa shape index (κ3) is 2.38. The number of nitrogens with one attached hydrogen (secondary N) is 1. The fourth-order valence-corrected chi connectivity index (χ4v) is 3.34. The molecule has 104 valence electrons. The van der Waals surface area contributed by atoms with Crippen molar-refractivity contribution >= 4 is 0 Å². The van der Waals surface area contributed by atoms with E-state index in [0.717, 1.165) is 13.1 Å². The highest BCUT2D eigenvalue weighted by atomic mass is 14.9. The topological polar surface area (TPSA) is 12.0 Å². The molecule has 1 nitrogen and oxygen atoms in total. The Labute approximate surface area is 122 Å². The lowest BCUT2D eigenvalue weighted by Crippen LogP contribution is -2.40. The van der Waals surface area contributed by atoms with Crippen molar-refractivity contribution < 1.29 is 0 Å². The quantitative estimate of drug-likeness (QED) is 0.866. The standard InChI is InChI=1S/C19H23N/c1-15-3-7-17(8-4-15)19(11-13-20-14-12-19)18-9-5-16(2)6-10-18/h3-10,20H,11-14H2,1-2H3. The molecule has 0 unspecified atom stereocenters. The van der Waals surface area contributed by atoms with Gasteiger partial charge in [-0.3, -0.25) is 0 Å². The summed E-state index contributed by atoms with van der Waals surface area (Å²) in [6.45, 7) is 6.51. The minimum Gasteiger partial charge on any atom is -0.317 e. The van der Waals surface area contributed by atoms with Crippen LogP contribution in [0.15, 0.2) is 48.5 Å². The minimum atomic E-state index is 0.187. The van der Waals surface area contributed by atoms with Gasteiger partial charge in [0.15, 0.2) is 0 Å². The van der Waals surface area contributed by atoms with Crippen LogP contribution < -0.4 is 5.32 Å². The first kappa shape index (κ1) is 13.4. The van der Waals surface area contributed by atoms with E-state index in [1.165, 1.54) is 35.1 Å². The van der Waals surface area contributed by atoms with E-state index in [0.29, 0.717) is 0 Å². The molecule has 0 aliphatic carbocycles. The van der Waals surface area contributed by atoms with Gasteiger partial charge < -0.3 is 5.32 Å². The molecule has 0 bridgehead atoms. The molecule has 1 heterocycles. The Bertz CT molecular complexity index is 512. The Morgan fingerprint density at radius 2 is 1.10 bits per heavy atom. The molecule has 0 aromatic heterocycles. The third-order valence-corrected chi connectivity index (χ3v) is 4.67. The minimum absolute atomic E-state index is 0.187. The van der Waals surface area contributed by atoms with Gasteiger partial charge >= 0.3 is 0 Å². The van der Waals surface area contributed by atoms with Crippen molar-refractivity contribution in [3.05, 3.63) is 70.8 Å². The van der Waals surface area contributed by atoms with E-state index in [-0.39, 0.29) is 5.41 Å². The number of piperidine rings is 1. The molecule has 1 saturated heterocycles. The molecule has 3 rings (SSSR count). The first-order valence-corrected chi connectivity index (χ1v) is 7.56. The van der Waals surface area contributed by atoms with Crippen molar-refractivity contribution in [3.8, 4) is 0 Å². The molecule has 1 aliphatic heterocycles. The molecular weight excluding hydrogens is 242 g/mol. The van der Waals surface area contributed by atoms with E-state index in [4.69, 9.17) is 0 Å². The smallest absolute Gasteiger partial charge is 0.0227 e. The summed E-state index contributed by atoms with van der Waals surface area (Å²) in [5, 5.41) is 3.50. The number of hydrogen-bond donors (Lipinski definition) is 1. The van der Waals surface area contributed by atoms with Crippen molar-refractivity contribution in [2.24, 2.45) is 0 Å². The average molecular weight is 265 g/mol. The molecule has 2 aromatic carbocycles. The van der Waals surface area contributed by atoms with E-state index < -0.39 is 0 Å². The van der Waals surface area contributed by atoms with Crippen LogP contribution in [0.4, 0.5) is 0 Å². The monoisotopic (exact) mass is 265 g/mol. The van der Waals surface area contributed by atoms with Crippen LogP contribution in [0.2, 0.25) is 0 Å². The van der Waals surface area contributed by atoms with Gasteiger partial charge in [0.05, 0.1) is 0 Å². The van der Waals surface area contributed by atoms with E-state index >= 15 is 0 Å². The van der Waals surface area contributed by atoms with Gasteiger partial charge in [0.25, 0.3) is 0 Å².